The molecule has 0 spiro atoms. The van der Waals surface area contributed by atoms with E-state index in [9.17, 15) is 9.90 Å². The molecule has 1 amide bonds. The Morgan fingerprint density at radius 2 is 1.87 bits per heavy atom. The molecular formula is C30H39ClN4O2S. The van der Waals surface area contributed by atoms with Crippen molar-refractivity contribution in [1.29, 1.82) is 0 Å². The van der Waals surface area contributed by atoms with Gasteiger partial charge in [0.1, 0.15) is 0 Å². The fraction of sp³-hybridized carbons (Fsp3) is 0.467. The van der Waals surface area contributed by atoms with E-state index in [-0.39, 0.29) is 30.4 Å². The number of imidazole rings is 1. The van der Waals surface area contributed by atoms with E-state index in [1.54, 1.807) is 11.8 Å². The number of aliphatic hydroxyl groups is 1. The molecule has 6 nitrogen and oxygen atoms in total. The molecule has 0 radical (unpaired) electrons. The van der Waals surface area contributed by atoms with Gasteiger partial charge in [-0.05, 0) is 30.6 Å². The van der Waals surface area contributed by atoms with Crippen LogP contribution in [0, 0.1) is 0 Å². The van der Waals surface area contributed by atoms with Crippen molar-refractivity contribution in [3.05, 3.63) is 78.2 Å². The van der Waals surface area contributed by atoms with Crippen LogP contribution in [0.25, 0.3) is 11.3 Å². The van der Waals surface area contributed by atoms with Crippen LogP contribution in [0.15, 0.2) is 67.0 Å². The van der Waals surface area contributed by atoms with Gasteiger partial charge in [0, 0.05) is 37.0 Å². The fourth-order valence-corrected chi connectivity index (χ4v) is 6.81. The average Bonchev–Trinajstić information content (AvgIpc) is 3.38. The molecule has 2 unspecified atom stereocenters. The van der Waals surface area contributed by atoms with Gasteiger partial charge >= 0.3 is 0 Å². The van der Waals surface area contributed by atoms with Gasteiger partial charge in [-0.15, -0.1) is 12.4 Å². The molecule has 2 N–H and O–H groups in total. The van der Waals surface area contributed by atoms with Crippen LogP contribution in [-0.4, -0.2) is 68.2 Å². The van der Waals surface area contributed by atoms with E-state index in [1.807, 2.05) is 47.6 Å². The SMILES string of the molecule is CCSCC1(O)CCCCC1n1cnc(C(=O)N2CCNC[C@H]2Cc2ccccc2)c1-c1ccccc1.Cl. The first kappa shape index (κ1) is 28.7. The van der Waals surface area contributed by atoms with Gasteiger partial charge in [-0.3, -0.25) is 4.79 Å². The molecule has 2 fully saturated rings. The lowest BCUT2D eigenvalue weighted by molar-refractivity contribution is -0.0199. The van der Waals surface area contributed by atoms with Crippen LogP contribution >= 0.6 is 24.2 Å². The second kappa shape index (κ2) is 13.2. The highest BCUT2D eigenvalue weighted by atomic mass is 35.5. The molecule has 3 aromatic rings. The summed E-state index contributed by atoms with van der Waals surface area (Å²) in [5, 5.41) is 15.3. The maximum atomic E-state index is 14.2. The number of amides is 1. The largest absolute Gasteiger partial charge is 0.387 e. The fourth-order valence-electron chi connectivity index (χ4n) is 5.92. The highest BCUT2D eigenvalue weighted by molar-refractivity contribution is 7.99. The third-order valence-electron chi connectivity index (χ3n) is 7.82. The number of hydrogen-bond acceptors (Lipinski definition) is 5. The van der Waals surface area contributed by atoms with Crippen molar-refractivity contribution < 1.29 is 9.90 Å². The van der Waals surface area contributed by atoms with Crippen LogP contribution in [0.4, 0.5) is 0 Å². The minimum absolute atomic E-state index is 0. The van der Waals surface area contributed by atoms with Crippen molar-refractivity contribution >= 4 is 30.1 Å². The number of hydrogen-bond donors (Lipinski definition) is 2. The Balaban J connectivity index is 0.00000336. The van der Waals surface area contributed by atoms with E-state index in [2.05, 4.69) is 41.1 Å². The van der Waals surface area contributed by atoms with Crippen LogP contribution in [0.3, 0.4) is 0 Å². The number of halogens is 1. The quantitative estimate of drug-likeness (QED) is 0.399. The lowest BCUT2D eigenvalue weighted by atomic mass is 9.81. The van der Waals surface area contributed by atoms with Gasteiger partial charge in [0.2, 0.25) is 0 Å². The number of nitrogens with zero attached hydrogens (tertiary/aromatic N) is 3. The minimum Gasteiger partial charge on any atom is -0.387 e. The summed E-state index contributed by atoms with van der Waals surface area (Å²) in [7, 11) is 0. The standard InChI is InChI=1S/C30H38N4O2S.ClH/c1-2-37-21-30(36)16-10-9-15-26(30)34-22-32-27(28(34)24-13-7-4-8-14-24)29(35)33-18-17-31-20-25(33)19-23-11-5-3-6-12-23;/h3-8,11-14,22,25-26,31,36H,2,9-10,15-21H2,1H3;1H/t25-,26?,30?;/m1./s1. The van der Waals surface area contributed by atoms with E-state index in [0.29, 0.717) is 18.0 Å². The number of carbonyl (C=O) groups excluding carboxylic acids is 1. The molecule has 38 heavy (non-hydrogen) atoms. The topological polar surface area (TPSA) is 70.4 Å². The Morgan fingerprint density at radius 3 is 2.61 bits per heavy atom. The molecule has 204 valence electrons. The molecule has 3 atom stereocenters. The molecule has 2 aliphatic rings. The van der Waals surface area contributed by atoms with Gasteiger partial charge in [0.25, 0.3) is 5.91 Å². The molecule has 5 rings (SSSR count). The van der Waals surface area contributed by atoms with Gasteiger partial charge in [0.15, 0.2) is 5.69 Å². The monoisotopic (exact) mass is 554 g/mol. The third-order valence-corrected chi connectivity index (χ3v) is 8.93. The summed E-state index contributed by atoms with van der Waals surface area (Å²) in [5.74, 6) is 1.64. The lowest BCUT2D eigenvalue weighted by Gasteiger charge is -2.41. The highest BCUT2D eigenvalue weighted by Crippen LogP contribution is 2.42. The molecule has 1 saturated heterocycles. The summed E-state index contributed by atoms with van der Waals surface area (Å²) in [6.45, 7) is 4.32. The van der Waals surface area contributed by atoms with Crippen LogP contribution in [0.2, 0.25) is 0 Å². The zero-order valence-electron chi connectivity index (χ0n) is 22.1. The van der Waals surface area contributed by atoms with Crippen molar-refractivity contribution in [2.24, 2.45) is 0 Å². The van der Waals surface area contributed by atoms with Crippen molar-refractivity contribution in [3.63, 3.8) is 0 Å². The van der Waals surface area contributed by atoms with Crippen LogP contribution < -0.4 is 5.32 Å². The second-order valence-corrected chi connectivity index (χ2v) is 11.5. The first-order chi connectivity index (χ1) is 18.1. The summed E-state index contributed by atoms with van der Waals surface area (Å²) < 4.78 is 2.12. The molecule has 0 bridgehead atoms. The van der Waals surface area contributed by atoms with Crippen LogP contribution in [-0.2, 0) is 6.42 Å². The number of carbonyl (C=O) groups is 1. The third kappa shape index (κ3) is 6.12. The minimum atomic E-state index is -0.811. The number of thioether (sulfide) groups is 1. The van der Waals surface area contributed by atoms with Crippen LogP contribution in [0.1, 0.15) is 54.7 Å². The lowest BCUT2D eigenvalue weighted by Crippen LogP contribution is -2.54. The normalized spacial score (nSPS) is 23.6. The van der Waals surface area contributed by atoms with Gasteiger partial charge in [-0.2, -0.15) is 11.8 Å². The Bertz CT molecular complexity index is 1180. The summed E-state index contributed by atoms with van der Waals surface area (Å²) >= 11 is 1.78. The number of nitrogens with one attached hydrogen (secondary N) is 1. The molecule has 1 aliphatic carbocycles. The molecule has 8 heteroatoms. The summed E-state index contributed by atoms with van der Waals surface area (Å²) in [4.78, 5) is 20.9. The number of piperazine rings is 1. The molecule has 1 saturated carbocycles. The first-order valence-electron chi connectivity index (χ1n) is 13.6. The molecule has 1 aliphatic heterocycles. The van der Waals surface area contributed by atoms with Crippen molar-refractivity contribution in [2.75, 3.05) is 31.1 Å². The highest BCUT2D eigenvalue weighted by Gasteiger charge is 2.42. The van der Waals surface area contributed by atoms with E-state index in [1.165, 1.54) is 5.56 Å². The summed E-state index contributed by atoms with van der Waals surface area (Å²) in [6, 6.07) is 20.4. The smallest absolute Gasteiger partial charge is 0.275 e. The predicted octanol–water partition coefficient (Wildman–Crippen LogP) is 5.23. The van der Waals surface area contributed by atoms with Gasteiger partial charge in [0.05, 0.1) is 23.7 Å². The Hall–Kier alpha value is -2.32. The number of rotatable bonds is 8. The van der Waals surface area contributed by atoms with Gasteiger partial charge in [-0.25, -0.2) is 4.98 Å². The maximum Gasteiger partial charge on any atom is 0.275 e. The summed E-state index contributed by atoms with van der Waals surface area (Å²) in [6.07, 6.45) is 6.36. The maximum absolute atomic E-state index is 14.2. The van der Waals surface area contributed by atoms with E-state index in [4.69, 9.17) is 4.98 Å². The predicted molar refractivity (Wildman–Crippen MR) is 158 cm³/mol. The van der Waals surface area contributed by atoms with Crippen molar-refractivity contribution in [3.8, 4) is 11.3 Å². The van der Waals surface area contributed by atoms with Gasteiger partial charge in [-0.1, -0.05) is 80.4 Å². The van der Waals surface area contributed by atoms with Crippen molar-refractivity contribution in [1.82, 2.24) is 19.8 Å². The molecular weight excluding hydrogens is 516 g/mol. The second-order valence-electron chi connectivity index (χ2n) is 10.3. The van der Waals surface area contributed by atoms with Crippen LogP contribution in [0.5, 0.6) is 0 Å². The molecule has 2 heterocycles. The van der Waals surface area contributed by atoms with Crippen molar-refractivity contribution in [2.45, 2.75) is 56.7 Å². The Labute approximate surface area is 236 Å². The molecule has 1 aromatic heterocycles. The Morgan fingerprint density at radius 1 is 1.13 bits per heavy atom. The zero-order chi connectivity index (χ0) is 25.7. The summed E-state index contributed by atoms with van der Waals surface area (Å²) in [5.41, 5.74) is 2.70. The van der Waals surface area contributed by atoms with Gasteiger partial charge < -0.3 is 19.9 Å². The number of benzene rings is 2. The van der Waals surface area contributed by atoms with E-state index >= 15 is 0 Å². The first-order valence-corrected chi connectivity index (χ1v) is 14.7. The zero-order valence-corrected chi connectivity index (χ0v) is 23.7. The molecule has 2 aromatic carbocycles. The van der Waals surface area contributed by atoms with E-state index < -0.39 is 5.60 Å². The average molecular weight is 555 g/mol. The van der Waals surface area contributed by atoms with E-state index in [0.717, 1.165) is 62.2 Å². The Kier molecular flexibility index (Phi) is 9.93. The number of aromatic nitrogens is 2.